The van der Waals surface area contributed by atoms with E-state index >= 15 is 0 Å². The normalized spacial score (nSPS) is 12.1. The van der Waals surface area contributed by atoms with Crippen molar-refractivity contribution < 1.29 is 9.53 Å². The predicted octanol–water partition coefficient (Wildman–Crippen LogP) is 1.64. The summed E-state index contributed by atoms with van der Waals surface area (Å²) in [5.41, 5.74) is 6.94. The summed E-state index contributed by atoms with van der Waals surface area (Å²) in [5.74, 6) is -0.212. The summed E-state index contributed by atoms with van der Waals surface area (Å²) in [7, 11) is 1.39. The Morgan fingerprint density at radius 2 is 2.07 bits per heavy atom. The molecule has 0 heterocycles. The third kappa shape index (κ3) is 3.18. The zero-order valence-electron chi connectivity index (χ0n) is 8.27. The molecule has 0 aliphatic carbocycles. The highest BCUT2D eigenvalue weighted by molar-refractivity contribution is 5.69. The molecule has 0 bridgehead atoms. The van der Waals surface area contributed by atoms with Crippen LogP contribution in [0.3, 0.4) is 0 Å². The van der Waals surface area contributed by atoms with E-state index in [9.17, 15) is 4.79 Å². The van der Waals surface area contributed by atoms with Crippen molar-refractivity contribution in [3.05, 3.63) is 35.9 Å². The standard InChI is InChI=1S/C11H15NO2/c1-14-11(13)8-7-10(12)9-5-3-2-4-6-9/h2-6,10H,7-8,12H2,1H3/t10-/m1/s1. The summed E-state index contributed by atoms with van der Waals surface area (Å²) >= 11 is 0. The van der Waals surface area contributed by atoms with Gasteiger partial charge in [0.15, 0.2) is 0 Å². The first-order chi connectivity index (χ1) is 6.74. The first-order valence-corrected chi connectivity index (χ1v) is 4.61. The molecule has 0 radical (unpaired) electrons. The molecular weight excluding hydrogens is 178 g/mol. The minimum absolute atomic E-state index is 0.0877. The van der Waals surface area contributed by atoms with Crippen molar-refractivity contribution in [3.63, 3.8) is 0 Å². The van der Waals surface area contributed by atoms with Gasteiger partial charge < -0.3 is 10.5 Å². The number of hydrogen-bond donors (Lipinski definition) is 1. The lowest BCUT2D eigenvalue weighted by Crippen LogP contribution is -2.12. The van der Waals surface area contributed by atoms with E-state index in [-0.39, 0.29) is 12.0 Å². The Morgan fingerprint density at radius 1 is 1.43 bits per heavy atom. The van der Waals surface area contributed by atoms with Crippen LogP contribution in [0.25, 0.3) is 0 Å². The molecule has 0 unspecified atom stereocenters. The van der Waals surface area contributed by atoms with Crippen LogP contribution in [0.15, 0.2) is 30.3 Å². The zero-order valence-corrected chi connectivity index (χ0v) is 8.27. The van der Waals surface area contributed by atoms with Gasteiger partial charge in [-0.25, -0.2) is 0 Å². The maximum atomic E-state index is 10.9. The van der Waals surface area contributed by atoms with Crippen LogP contribution in [0.5, 0.6) is 0 Å². The van der Waals surface area contributed by atoms with Gasteiger partial charge in [-0.3, -0.25) is 4.79 Å². The zero-order chi connectivity index (χ0) is 10.4. The van der Waals surface area contributed by atoms with E-state index in [1.54, 1.807) is 0 Å². The second-order valence-corrected chi connectivity index (χ2v) is 3.13. The molecule has 14 heavy (non-hydrogen) atoms. The van der Waals surface area contributed by atoms with Gasteiger partial charge in [0, 0.05) is 12.5 Å². The van der Waals surface area contributed by atoms with Gasteiger partial charge in [0.2, 0.25) is 0 Å². The van der Waals surface area contributed by atoms with Gasteiger partial charge in [-0.05, 0) is 12.0 Å². The molecule has 2 N–H and O–H groups in total. The number of carbonyl (C=O) groups is 1. The van der Waals surface area contributed by atoms with Crippen LogP contribution in [0, 0.1) is 0 Å². The van der Waals surface area contributed by atoms with Crippen molar-refractivity contribution in [2.75, 3.05) is 7.11 Å². The molecule has 0 aromatic heterocycles. The molecule has 1 aromatic carbocycles. The van der Waals surface area contributed by atoms with E-state index in [1.165, 1.54) is 7.11 Å². The van der Waals surface area contributed by atoms with Crippen LogP contribution in [0.4, 0.5) is 0 Å². The van der Waals surface area contributed by atoms with E-state index < -0.39 is 0 Å². The maximum absolute atomic E-state index is 10.9. The third-order valence-electron chi connectivity index (χ3n) is 2.11. The molecule has 0 fully saturated rings. The van der Waals surface area contributed by atoms with Gasteiger partial charge in [0.25, 0.3) is 0 Å². The number of benzene rings is 1. The predicted molar refractivity (Wildman–Crippen MR) is 54.6 cm³/mol. The average molecular weight is 193 g/mol. The number of esters is 1. The SMILES string of the molecule is COC(=O)CC[C@@H](N)c1ccccc1. The Bertz CT molecular complexity index is 285. The Balaban J connectivity index is 2.43. The van der Waals surface area contributed by atoms with Crippen molar-refractivity contribution in [3.8, 4) is 0 Å². The summed E-state index contributed by atoms with van der Waals surface area (Å²) in [4.78, 5) is 10.9. The minimum Gasteiger partial charge on any atom is -0.469 e. The highest BCUT2D eigenvalue weighted by atomic mass is 16.5. The van der Waals surface area contributed by atoms with Crippen molar-refractivity contribution >= 4 is 5.97 Å². The minimum atomic E-state index is -0.212. The van der Waals surface area contributed by atoms with E-state index in [2.05, 4.69) is 4.74 Å². The molecule has 0 spiro atoms. The molecule has 3 heteroatoms. The largest absolute Gasteiger partial charge is 0.469 e. The first-order valence-electron chi connectivity index (χ1n) is 4.61. The molecule has 0 saturated heterocycles. The lowest BCUT2D eigenvalue weighted by molar-refractivity contribution is -0.140. The summed E-state index contributed by atoms with van der Waals surface area (Å²) in [5, 5.41) is 0. The van der Waals surface area contributed by atoms with Gasteiger partial charge in [-0.15, -0.1) is 0 Å². The fourth-order valence-corrected chi connectivity index (χ4v) is 1.24. The number of ether oxygens (including phenoxy) is 1. The Kier molecular flexibility index (Phi) is 4.13. The monoisotopic (exact) mass is 193 g/mol. The van der Waals surface area contributed by atoms with Crippen LogP contribution in [-0.2, 0) is 9.53 Å². The second-order valence-electron chi connectivity index (χ2n) is 3.13. The van der Waals surface area contributed by atoms with Crippen molar-refractivity contribution in [2.45, 2.75) is 18.9 Å². The van der Waals surface area contributed by atoms with Crippen LogP contribution in [-0.4, -0.2) is 13.1 Å². The van der Waals surface area contributed by atoms with Gasteiger partial charge in [0.1, 0.15) is 0 Å². The van der Waals surface area contributed by atoms with Crippen molar-refractivity contribution in [2.24, 2.45) is 5.73 Å². The average Bonchev–Trinajstić information content (AvgIpc) is 2.26. The Hall–Kier alpha value is -1.35. The molecule has 0 aliphatic rings. The summed E-state index contributed by atoms with van der Waals surface area (Å²) in [6, 6.07) is 9.65. The highest BCUT2D eigenvalue weighted by Crippen LogP contribution is 2.14. The Labute approximate surface area is 83.9 Å². The molecule has 3 nitrogen and oxygen atoms in total. The Morgan fingerprint density at radius 3 is 2.64 bits per heavy atom. The quantitative estimate of drug-likeness (QED) is 0.739. The number of carbonyl (C=O) groups excluding carboxylic acids is 1. The smallest absolute Gasteiger partial charge is 0.305 e. The van der Waals surface area contributed by atoms with Gasteiger partial charge in [-0.2, -0.15) is 0 Å². The molecule has 1 aromatic rings. The van der Waals surface area contributed by atoms with Gasteiger partial charge in [0.05, 0.1) is 7.11 Å². The van der Waals surface area contributed by atoms with Gasteiger partial charge >= 0.3 is 5.97 Å². The first kappa shape index (κ1) is 10.7. The number of hydrogen-bond acceptors (Lipinski definition) is 3. The van der Waals surface area contributed by atoms with E-state index in [0.717, 1.165) is 5.56 Å². The van der Waals surface area contributed by atoms with E-state index in [4.69, 9.17) is 5.73 Å². The summed E-state index contributed by atoms with van der Waals surface area (Å²) < 4.78 is 4.54. The number of methoxy groups -OCH3 is 1. The lowest BCUT2D eigenvalue weighted by Gasteiger charge is -2.10. The molecule has 0 saturated carbocycles. The number of rotatable bonds is 4. The summed E-state index contributed by atoms with van der Waals surface area (Å²) in [6.07, 6.45) is 0.989. The fourth-order valence-electron chi connectivity index (χ4n) is 1.24. The molecule has 1 atom stereocenters. The van der Waals surface area contributed by atoms with Crippen LogP contribution in [0.2, 0.25) is 0 Å². The fraction of sp³-hybridized carbons (Fsp3) is 0.364. The van der Waals surface area contributed by atoms with Gasteiger partial charge in [-0.1, -0.05) is 30.3 Å². The van der Waals surface area contributed by atoms with Crippen LogP contribution >= 0.6 is 0 Å². The molecule has 0 aliphatic heterocycles. The van der Waals surface area contributed by atoms with Crippen molar-refractivity contribution in [1.82, 2.24) is 0 Å². The molecule has 0 amide bonds. The van der Waals surface area contributed by atoms with E-state index in [0.29, 0.717) is 12.8 Å². The molecular formula is C11H15NO2. The molecule has 76 valence electrons. The second kappa shape index (κ2) is 5.40. The highest BCUT2D eigenvalue weighted by Gasteiger charge is 2.08. The summed E-state index contributed by atoms with van der Waals surface area (Å²) in [6.45, 7) is 0. The topological polar surface area (TPSA) is 52.3 Å². The molecule has 1 rings (SSSR count). The maximum Gasteiger partial charge on any atom is 0.305 e. The van der Waals surface area contributed by atoms with Crippen molar-refractivity contribution in [1.29, 1.82) is 0 Å². The van der Waals surface area contributed by atoms with Crippen LogP contribution < -0.4 is 5.73 Å². The lowest BCUT2D eigenvalue weighted by atomic mass is 10.0. The third-order valence-corrected chi connectivity index (χ3v) is 2.11. The number of nitrogens with two attached hydrogens (primary N) is 1. The van der Waals surface area contributed by atoms with E-state index in [1.807, 2.05) is 30.3 Å². The van der Waals surface area contributed by atoms with Crippen LogP contribution in [0.1, 0.15) is 24.4 Å².